The van der Waals surface area contributed by atoms with Crippen LogP contribution in [0.25, 0.3) is 0 Å². The quantitative estimate of drug-likeness (QED) is 0.830. The van der Waals surface area contributed by atoms with E-state index in [1.807, 2.05) is 0 Å². The Labute approximate surface area is 97.3 Å². The summed E-state index contributed by atoms with van der Waals surface area (Å²) in [6, 6.07) is 8.51. The number of aryl methyl sites for hydroxylation is 1. The van der Waals surface area contributed by atoms with E-state index in [0.29, 0.717) is 0 Å². The molecule has 1 aliphatic rings. The second kappa shape index (κ2) is 4.56. The number of benzene rings is 1. The van der Waals surface area contributed by atoms with Crippen LogP contribution in [-0.2, 0) is 10.3 Å². The molecular formula is C14H20O2. The summed E-state index contributed by atoms with van der Waals surface area (Å²) >= 11 is 0. The van der Waals surface area contributed by atoms with Crippen molar-refractivity contribution in [1.82, 2.24) is 0 Å². The fraction of sp³-hybridized carbons (Fsp3) is 0.571. The molecule has 1 N–H and O–H groups in total. The van der Waals surface area contributed by atoms with Gasteiger partial charge in [0.15, 0.2) is 0 Å². The van der Waals surface area contributed by atoms with E-state index in [-0.39, 0.29) is 11.7 Å². The predicted octanol–water partition coefficient (Wildman–Crippen LogP) is 2.77. The molecule has 0 saturated heterocycles. The van der Waals surface area contributed by atoms with Gasteiger partial charge in [-0.05, 0) is 38.2 Å². The molecule has 2 heteroatoms. The zero-order valence-corrected chi connectivity index (χ0v) is 10.1. The van der Waals surface area contributed by atoms with Gasteiger partial charge >= 0.3 is 0 Å². The fourth-order valence-corrected chi connectivity index (χ4v) is 2.61. The van der Waals surface area contributed by atoms with Crippen molar-refractivity contribution >= 4 is 0 Å². The van der Waals surface area contributed by atoms with Crippen LogP contribution in [0.15, 0.2) is 24.3 Å². The molecule has 0 spiro atoms. The first-order valence-corrected chi connectivity index (χ1v) is 5.97. The Morgan fingerprint density at radius 3 is 2.56 bits per heavy atom. The highest BCUT2D eigenvalue weighted by Crippen LogP contribution is 2.40. The largest absolute Gasteiger partial charge is 0.393 e. The molecule has 0 radical (unpaired) electrons. The molecule has 0 aromatic heterocycles. The van der Waals surface area contributed by atoms with Gasteiger partial charge in [-0.15, -0.1) is 0 Å². The van der Waals surface area contributed by atoms with Gasteiger partial charge in [-0.2, -0.15) is 0 Å². The molecule has 1 aromatic rings. The van der Waals surface area contributed by atoms with E-state index in [0.717, 1.165) is 25.7 Å². The van der Waals surface area contributed by atoms with E-state index < -0.39 is 0 Å². The van der Waals surface area contributed by atoms with E-state index in [1.165, 1.54) is 11.1 Å². The Hall–Kier alpha value is -0.860. The molecule has 0 unspecified atom stereocenters. The van der Waals surface area contributed by atoms with E-state index in [1.54, 1.807) is 7.11 Å². The molecule has 0 heterocycles. The summed E-state index contributed by atoms with van der Waals surface area (Å²) in [4.78, 5) is 0. The smallest absolute Gasteiger partial charge is 0.0929 e. The minimum atomic E-state index is -0.175. The molecule has 0 atom stereocenters. The van der Waals surface area contributed by atoms with Crippen LogP contribution >= 0.6 is 0 Å². The SMILES string of the molecule is COC1(c2cccc(C)c2)CCC(O)CC1. The third kappa shape index (κ3) is 2.13. The van der Waals surface area contributed by atoms with Crippen molar-refractivity contribution in [2.45, 2.75) is 44.3 Å². The first-order valence-electron chi connectivity index (χ1n) is 5.97. The molecular weight excluding hydrogens is 200 g/mol. The highest BCUT2D eigenvalue weighted by atomic mass is 16.5. The number of ether oxygens (including phenoxy) is 1. The van der Waals surface area contributed by atoms with E-state index >= 15 is 0 Å². The third-order valence-corrected chi connectivity index (χ3v) is 3.70. The number of rotatable bonds is 2. The Morgan fingerprint density at radius 1 is 1.31 bits per heavy atom. The molecule has 0 aliphatic heterocycles. The molecule has 0 bridgehead atoms. The standard InChI is InChI=1S/C14H20O2/c1-11-4-3-5-12(10-11)14(16-2)8-6-13(15)7-9-14/h3-5,10,13,15H,6-9H2,1-2H3. The zero-order chi connectivity index (χ0) is 11.6. The van der Waals surface area contributed by atoms with Gasteiger partial charge in [0, 0.05) is 7.11 Å². The van der Waals surface area contributed by atoms with Crippen LogP contribution in [0, 0.1) is 6.92 Å². The van der Waals surface area contributed by atoms with Gasteiger partial charge in [-0.1, -0.05) is 29.8 Å². The summed E-state index contributed by atoms with van der Waals surface area (Å²) in [6.07, 6.45) is 3.35. The van der Waals surface area contributed by atoms with Gasteiger partial charge < -0.3 is 9.84 Å². The van der Waals surface area contributed by atoms with Gasteiger partial charge in [-0.25, -0.2) is 0 Å². The Bertz CT molecular complexity index is 352. The van der Waals surface area contributed by atoms with Crippen molar-refractivity contribution in [3.8, 4) is 0 Å². The minimum Gasteiger partial charge on any atom is -0.393 e. The van der Waals surface area contributed by atoms with Crippen molar-refractivity contribution in [3.63, 3.8) is 0 Å². The molecule has 1 aromatic carbocycles. The number of aliphatic hydroxyl groups excluding tert-OH is 1. The highest BCUT2D eigenvalue weighted by molar-refractivity contribution is 5.28. The van der Waals surface area contributed by atoms with Crippen molar-refractivity contribution in [2.24, 2.45) is 0 Å². The van der Waals surface area contributed by atoms with E-state index in [2.05, 4.69) is 31.2 Å². The van der Waals surface area contributed by atoms with Crippen molar-refractivity contribution in [2.75, 3.05) is 7.11 Å². The van der Waals surface area contributed by atoms with Crippen molar-refractivity contribution in [3.05, 3.63) is 35.4 Å². The molecule has 0 amide bonds. The third-order valence-electron chi connectivity index (χ3n) is 3.70. The van der Waals surface area contributed by atoms with Crippen LogP contribution in [0.1, 0.15) is 36.8 Å². The Morgan fingerprint density at radius 2 is 2.00 bits per heavy atom. The summed E-state index contributed by atoms with van der Waals surface area (Å²) in [5, 5.41) is 9.58. The normalized spacial score (nSPS) is 30.3. The predicted molar refractivity (Wildman–Crippen MR) is 64.3 cm³/mol. The summed E-state index contributed by atoms with van der Waals surface area (Å²) in [5.74, 6) is 0. The lowest BCUT2D eigenvalue weighted by Crippen LogP contribution is -2.35. The molecule has 1 aliphatic carbocycles. The number of methoxy groups -OCH3 is 1. The molecule has 88 valence electrons. The molecule has 2 rings (SSSR count). The van der Waals surface area contributed by atoms with Crippen LogP contribution in [0.4, 0.5) is 0 Å². The average Bonchev–Trinajstić information content (AvgIpc) is 2.31. The second-order valence-electron chi connectivity index (χ2n) is 4.80. The topological polar surface area (TPSA) is 29.5 Å². The maximum absolute atomic E-state index is 9.58. The van der Waals surface area contributed by atoms with E-state index in [9.17, 15) is 5.11 Å². The average molecular weight is 220 g/mol. The van der Waals surface area contributed by atoms with Crippen LogP contribution in [0.5, 0.6) is 0 Å². The van der Waals surface area contributed by atoms with Gasteiger partial charge in [-0.3, -0.25) is 0 Å². The van der Waals surface area contributed by atoms with Gasteiger partial charge in [0.05, 0.1) is 11.7 Å². The summed E-state index contributed by atoms with van der Waals surface area (Å²) in [6.45, 7) is 2.10. The monoisotopic (exact) mass is 220 g/mol. The molecule has 1 fully saturated rings. The van der Waals surface area contributed by atoms with Crippen LogP contribution in [0.3, 0.4) is 0 Å². The number of hydrogen-bond acceptors (Lipinski definition) is 2. The van der Waals surface area contributed by atoms with Crippen molar-refractivity contribution in [1.29, 1.82) is 0 Å². The molecule has 16 heavy (non-hydrogen) atoms. The lowest BCUT2D eigenvalue weighted by molar-refractivity contribution is -0.0690. The zero-order valence-electron chi connectivity index (χ0n) is 10.1. The van der Waals surface area contributed by atoms with Crippen LogP contribution in [0.2, 0.25) is 0 Å². The Kier molecular flexibility index (Phi) is 3.31. The van der Waals surface area contributed by atoms with Gasteiger partial charge in [0.1, 0.15) is 0 Å². The minimum absolute atomic E-state index is 0.145. The van der Waals surface area contributed by atoms with Crippen LogP contribution in [-0.4, -0.2) is 18.3 Å². The lowest BCUT2D eigenvalue weighted by atomic mass is 9.78. The first-order chi connectivity index (χ1) is 7.66. The van der Waals surface area contributed by atoms with Gasteiger partial charge in [0.25, 0.3) is 0 Å². The summed E-state index contributed by atoms with van der Waals surface area (Å²) in [7, 11) is 1.78. The summed E-state index contributed by atoms with van der Waals surface area (Å²) in [5.41, 5.74) is 2.34. The fourth-order valence-electron chi connectivity index (χ4n) is 2.61. The second-order valence-corrected chi connectivity index (χ2v) is 4.80. The lowest BCUT2D eigenvalue weighted by Gasteiger charge is -2.38. The maximum Gasteiger partial charge on any atom is 0.0929 e. The highest BCUT2D eigenvalue weighted by Gasteiger charge is 2.36. The first kappa shape index (κ1) is 11.6. The van der Waals surface area contributed by atoms with Crippen molar-refractivity contribution < 1.29 is 9.84 Å². The molecule has 2 nitrogen and oxygen atoms in total. The Balaban J connectivity index is 2.28. The maximum atomic E-state index is 9.58. The van der Waals surface area contributed by atoms with Crippen LogP contribution < -0.4 is 0 Å². The number of hydrogen-bond donors (Lipinski definition) is 1. The van der Waals surface area contributed by atoms with E-state index in [4.69, 9.17) is 4.74 Å². The molecule has 1 saturated carbocycles. The number of aliphatic hydroxyl groups is 1. The summed E-state index contributed by atoms with van der Waals surface area (Å²) < 4.78 is 5.76. The van der Waals surface area contributed by atoms with Gasteiger partial charge in [0.2, 0.25) is 0 Å².